The van der Waals surface area contributed by atoms with Crippen LogP contribution in [0.2, 0.25) is 0 Å². The zero-order chi connectivity index (χ0) is 19.6. The van der Waals surface area contributed by atoms with E-state index >= 15 is 0 Å². The van der Waals surface area contributed by atoms with Gasteiger partial charge in [0.05, 0.1) is 5.69 Å². The molecule has 1 N–H and O–H groups in total. The van der Waals surface area contributed by atoms with Crippen LogP contribution in [-0.4, -0.2) is 55.2 Å². The number of aliphatic hydroxyl groups is 1. The average Bonchev–Trinajstić information content (AvgIpc) is 2.96. The maximum atomic E-state index is 13.1. The summed E-state index contributed by atoms with van der Waals surface area (Å²) in [7, 11) is 0. The highest BCUT2D eigenvalue weighted by atomic mass is 19.1. The van der Waals surface area contributed by atoms with E-state index < -0.39 is 5.91 Å². The highest BCUT2D eigenvalue weighted by molar-refractivity contribution is 5.63. The normalized spacial score (nSPS) is 22.5. The number of fused-ring (bicyclic) bond motifs is 1. The summed E-state index contributed by atoms with van der Waals surface area (Å²) in [6.45, 7) is 6.91. The van der Waals surface area contributed by atoms with Crippen LogP contribution >= 0.6 is 0 Å². The van der Waals surface area contributed by atoms with E-state index in [-0.39, 0.29) is 5.82 Å². The van der Waals surface area contributed by atoms with Crippen LogP contribution in [0.1, 0.15) is 6.92 Å². The van der Waals surface area contributed by atoms with Crippen LogP contribution in [0.15, 0.2) is 60.7 Å². The summed E-state index contributed by atoms with van der Waals surface area (Å²) in [5.74, 6) is -0.815. The van der Waals surface area contributed by atoms with E-state index in [1.165, 1.54) is 12.1 Å². The molecule has 0 bridgehead atoms. The van der Waals surface area contributed by atoms with Crippen LogP contribution in [-0.2, 0) is 0 Å². The number of piperazine rings is 1. The van der Waals surface area contributed by atoms with Gasteiger partial charge in [0.2, 0.25) is 0 Å². The van der Waals surface area contributed by atoms with Crippen molar-refractivity contribution in [3.63, 3.8) is 0 Å². The van der Waals surface area contributed by atoms with Crippen LogP contribution in [0.25, 0.3) is 0 Å². The van der Waals surface area contributed by atoms with Crippen molar-refractivity contribution in [2.24, 2.45) is 0 Å². The molecule has 0 radical (unpaired) electrons. The molecule has 28 heavy (non-hydrogen) atoms. The summed E-state index contributed by atoms with van der Waals surface area (Å²) in [5, 5.41) is 10.5. The largest absolute Gasteiger partial charge is 0.442 e. The van der Waals surface area contributed by atoms with Gasteiger partial charge in [0.1, 0.15) is 11.6 Å². The molecule has 0 spiro atoms. The van der Waals surface area contributed by atoms with Crippen LogP contribution in [0.4, 0.5) is 15.8 Å². The molecule has 5 nitrogen and oxygen atoms in total. The van der Waals surface area contributed by atoms with Crippen LogP contribution in [0.3, 0.4) is 0 Å². The van der Waals surface area contributed by atoms with Crippen molar-refractivity contribution >= 4 is 11.4 Å². The van der Waals surface area contributed by atoms with Gasteiger partial charge in [-0.1, -0.05) is 24.3 Å². The molecule has 1 saturated heterocycles. The van der Waals surface area contributed by atoms with E-state index in [0.29, 0.717) is 12.3 Å². The average molecular weight is 383 g/mol. The molecule has 0 aromatic heterocycles. The molecule has 2 aliphatic heterocycles. The lowest BCUT2D eigenvalue weighted by atomic mass is 10.2. The molecule has 2 heterocycles. The first-order valence-electron chi connectivity index (χ1n) is 9.69. The predicted molar refractivity (Wildman–Crippen MR) is 109 cm³/mol. The summed E-state index contributed by atoms with van der Waals surface area (Å²) in [6, 6.07) is 14.4. The molecule has 1 unspecified atom stereocenters. The van der Waals surface area contributed by atoms with Crippen LogP contribution < -0.4 is 14.5 Å². The third kappa shape index (κ3) is 3.98. The summed E-state index contributed by atoms with van der Waals surface area (Å²) in [6.07, 6.45) is 4.22. The number of anilines is 2. The number of halogens is 1. The minimum atomic E-state index is -1.32. The SMILES string of the molecule is CC1(O)Oc2ccccc2N1C/C=C/CN1CCN(c2ccc(F)cc2)CC1. The molecule has 0 amide bonds. The molecule has 0 aliphatic carbocycles. The van der Waals surface area contributed by atoms with E-state index in [1.54, 1.807) is 6.92 Å². The second kappa shape index (κ2) is 7.81. The number of hydrogen-bond acceptors (Lipinski definition) is 5. The Morgan fingerprint density at radius 1 is 1.00 bits per heavy atom. The Morgan fingerprint density at radius 3 is 2.43 bits per heavy atom. The highest BCUT2D eigenvalue weighted by Crippen LogP contribution is 2.40. The molecular weight excluding hydrogens is 357 g/mol. The quantitative estimate of drug-likeness (QED) is 0.804. The highest BCUT2D eigenvalue weighted by Gasteiger charge is 2.39. The van der Waals surface area contributed by atoms with Gasteiger partial charge in [-0.3, -0.25) is 4.90 Å². The molecule has 0 saturated carbocycles. The maximum absolute atomic E-state index is 13.1. The minimum Gasteiger partial charge on any atom is -0.442 e. The fourth-order valence-electron chi connectivity index (χ4n) is 3.77. The first kappa shape index (κ1) is 18.8. The Bertz CT molecular complexity index is 830. The van der Waals surface area contributed by atoms with Gasteiger partial charge in [-0.25, -0.2) is 4.39 Å². The van der Waals surface area contributed by atoms with Crippen molar-refractivity contribution in [1.29, 1.82) is 0 Å². The summed E-state index contributed by atoms with van der Waals surface area (Å²) < 4.78 is 18.7. The molecule has 6 heteroatoms. The van der Waals surface area contributed by atoms with Crippen molar-refractivity contribution in [3.8, 4) is 5.75 Å². The predicted octanol–water partition coefficient (Wildman–Crippen LogP) is 3.07. The van der Waals surface area contributed by atoms with E-state index in [4.69, 9.17) is 4.74 Å². The molecule has 1 fully saturated rings. The second-order valence-corrected chi connectivity index (χ2v) is 7.35. The van der Waals surface area contributed by atoms with Gasteiger partial charge in [0.25, 0.3) is 5.91 Å². The Labute approximate surface area is 165 Å². The van der Waals surface area contributed by atoms with Crippen molar-refractivity contribution < 1.29 is 14.2 Å². The number of ether oxygens (including phenoxy) is 1. The summed E-state index contributed by atoms with van der Waals surface area (Å²) >= 11 is 0. The lowest BCUT2D eigenvalue weighted by Crippen LogP contribution is -2.47. The summed E-state index contributed by atoms with van der Waals surface area (Å²) in [4.78, 5) is 6.53. The summed E-state index contributed by atoms with van der Waals surface area (Å²) in [5.41, 5.74) is 1.98. The molecule has 4 rings (SSSR count). The number of hydrogen-bond donors (Lipinski definition) is 1. The van der Waals surface area contributed by atoms with Gasteiger partial charge in [0, 0.05) is 51.9 Å². The van der Waals surface area contributed by atoms with Gasteiger partial charge < -0.3 is 19.6 Å². The third-order valence-corrected chi connectivity index (χ3v) is 5.34. The molecular formula is C22H26FN3O2. The van der Waals surface area contributed by atoms with Crippen molar-refractivity contribution in [2.45, 2.75) is 12.8 Å². The fraction of sp³-hybridized carbons (Fsp3) is 0.364. The number of benzene rings is 2. The zero-order valence-electron chi connectivity index (χ0n) is 16.1. The Hall–Kier alpha value is -2.57. The Morgan fingerprint density at radius 2 is 1.68 bits per heavy atom. The van der Waals surface area contributed by atoms with Crippen LogP contribution in [0.5, 0.6) is 5.75 Å². The molecule has 2 aliphatic rings. The lowest BCUT2D eigenvalue weighted by molar-refractivity contribution is -0.106. The van der Waals surface area contributed by atoms with Crippen molar-refractivity contribution in [3.05, 3.63) is 66.5 Å². The van der Waals surface area contributed by atoms with E-state index in [1.807, 2.05) is 41.3 Å². The molecule has 148 valence electrons. The minimum absolute atomic E-state index is 0.197. The number of rotatable bonds is 5. The fourth-order valence-corrected chi connectivity index (χ4v) is 3.77. The van der Waals surface area contributed by atoms with Gasteiger partial charge in [-0.2, -0.15) is 0 Å². The zero-order valence-corrected chi connectivity index (χ0v) is 16.1. The van der Waals surface area contributed by atoms with Gasteiger partial charge in [-0.15, -0.1) is 0 Å². The van der Waals surface area contributed by atoms with E-state index in [9.17, 15) is 9.50 Å². The molecule has 2 aromatic carbocycles. The Balaban J connectivity index is 1.27. The molecule has 2 aromatic rings. The number of nitrogens with zero attached hydrogens (tertiary/aromatic N) is 3. The lowest BCUT2D eigenvalue weighted by Gasteiger charge is -2.35. The molecule has 1 atom stereocenters. The van der Waals surface area contributed by atoms with Crippen LogP contribution in [0, 0.1) is 5.82 Å². The smallest absolute Gasteiger partial charge is 0.289 e. The van der Waals surface area contributed by atoms with E-state index in [2.05, 4.69) is 22.0 Å². The van der Waals surface area contributed by atoms with Gasteiger partial charge in [0.15, 0.2) is 0 Å². The first-order valence-corrected chi connectivity index (χ1v) is 9.69. The monoisotopic (exact) mass is 383 g/mol. The Kier molecular flexibility index (Phi) is 5.24. The van der Waals surface area contributed by atoms with Gasteiger partial charge >= 0.3 is 0 Å². The third-order valence-electron chi connectivity index (χ3n) is 5.34. The maximum Gasteiger partial charge on any atom is 0.289 e. The standard InChI is InChI=1S/C22H26FN3O2/c1-22(27)26(20-6-2-3-7-21(20)28-22)13-5-4-12-24-14-16-25(17-15-24)19-10-8-18(23)9-11-19/h2-11,27H,12-17H2,1H3/b5-4+. The topological polar surface area (TPSA) is 39.2 Å². The number of para-hydroxylation sites is 2. The van der Waals surface area contributed by atoms with Gasteiger partial charge in [-0.05, 0) is 36.4 Å². The van der Waals surface area contributed by atoms with Crippen molar-refractivity contribution in [1.82, 2.24) is 4.90 Å². The second-order valence-electron chi connectivity index (χ2n) is 7.35. The van der Waals surface area contributed by atoms with E-state index in [0.717, 1.165) is 44.1 Å². The first-order chi connectivity index (χ1) is 13.5. The van der Waals surface area contributed by atoms with Crippen molar-refractivity contribution in [2.75, 3.05) is 49.1 Å².